The Morgan fingerprint density at radius 1 is 1.16 bits per heavy atom. The van der Waals surface area contributed by atoms with Gasteiger partial charge in [0.25, 0.3) is 0 Å². The first kappa shape index (κ1) is 13.9. The van der Waals surface area contributed by atoms with Crippen LogP contribution < -0.4 is 5.32 Å². The minimum Gasteiger partial charge on any atom is -0.382 e. The second-order valence-corrected chi connectivity index (χ2v) is 5.16. The molecule has 0 spiro atoms. The number of nitrogens with one attached hydrogen (secondary N) is 1. The minimum absolute atomic E-state index is 0.133. The molecule has 0 bridgehead atoms. The summed E-state index contributed by atoms with van der Waals surface area (Å²) >= 11 is 6.08. The average molecular weight is 278 g/mol. The zero-order chi connectivity index (χ0) is 13.8. The monoisotopic (exact) mass is 277 g/mol. The van der Waals surface area contributed by atoms with Crippen LogP contribution >= 0.6 is 11.6 Å². The second kappa shape index (κ2) is 6.07. The lowest BCUT2D eigenvalue weighted by Gasteiger charge is -2.18. The van der Waals surface area contributed by atoms with Gasteiger partial charge >= 0.3 is 0 Å². The molecular formula is C16H17ClFN. The maximum Gasteiger partial charge on any atom is 0.126 e. The average Bonchev–Trinajstić information content (AvgIpc) is 2.38. The fraction of sp³-hybridized carbons (Fsp3) is 0.250. The Labute approximate surface area is 118 Å². The molecule has 1 atom stereocenters. The Morgan fingerprint density at radius 2 is 1.89 bits per heavy atom. The molecule has 0 fully saturated rings. The number of hydrogen-bond acceptors (Lipinski definition) is 1. The van der Waals surface area contributed by atoms with E-state index in [2.05, 4.69) is 5.32 Å². The molecule has 0 amide bonds. The van der Waals surface area contributed by atoms with E-state index in [1.54, 1.807) is 6.07 Å². The molecule has 3 heteroatoms. The van der Waals surface area contributed by atoms with Crippen LogP contribution in [0.1, 0.15) is 18.1 Å². The summed E-state index contributed by atoms with van der Waals surface area (Å²) in [6.45, 7) is 4.01. The summed E-state index contributed by atoms with van der Waals surface area (Å²) in [6, 6.07) is 12.8. The number of rotatable bonds is 4. The Bertz CT molecular complexity index is 568. The predicted octanol–water partition coefficient (Wildman–Crippen LogP) is 4.83. The van der Waals surface area contributed by atoms with E-state index in [-0.39, 0.29) is 11.9 Å². The molecule has 0 aromatic heterocycles. The van der Waals surface area contributed by atoms with Gasteiger partial charge in [0.1, 0.15) is 5.82 Å². The molecule has 0 saturated heterocycles. The fourth-order valence-corrected chi connectivity index (χ4v) is 2.25. The van der Waals surface area contributed by atoms with Gasteiger partial charge in [0.2, 0.25) is 0 Å². The number of benzene rings is 2. The highest BCUT2D eigenvalue weighted by Gasteiger charge is 2.09. The molecule has 0 aliphatic heterocycles. The lowest BCUT2D eigenvalue weighted by atomic mass is 10.1. The Morgan fingerprint density at radius 3 is 2.63 bits per heavy atom. The van der Waals surface area contributed by atoms with Gasteiger partial charge in [0.05, 0.1) is 0 Å². The summed E-state index contributed by atoms with van der Waals surface area (Å²) in [5.74, 6) is -0.154. The Kier molecular flexibility index (Phi) is 4.43. The SMILES string of the molecule is Cc1c(Cl)cccc1NC(C)Cc1ccccc1F. The van der Waals surface area contributed by atoms with E-state index in [9.17, 15) is 4.39 Å². The number of hydrogen-bond donors (Lipinski definition) is 1. The maximum atomic E-state index is 13.6. The van der Waals surface area contributed by atoms with E-state index in [1.165, 1.54) is 6.07 Å². The van der Waals surface area contributed by atoms with Crippen LogP contribution in [0.3, 0.4) is 0 Å². The molecule has 0 aliphatic carbocycles. The van der Waals surface area contributed by atoms with Crippen molar-refractivity contribution in [2.24, 2.45) is 0 Å². The summed E-state index contributed by atoms with van der Waals surface area (Å²) in [6.07, 6.45) is 0.638. The van der Waals surface area contributed by atoms with E-state index in [0.29, 0.717) is 6.42 Å². The summed E-state index contributed by atoms with van der Waals surface area (Å²) in [5, 5.41) is 4.11. The van der Waals surface area contributed by atoms with Gasteiger partial charge in [-0.05, 0) is 49.6 Å². The van der Waals surface area contributed by atoms with Gasteiger partial charge in [-0.1, -0.05) is 35.9 Å². The van der Waals surface area contributed by atoms with Crippen molar-refractivity contribution in [2.45, 2.75) is 26.3 Å². The molecule has 2 aromatic carbocycles. The lowest BCUT2D eigenvalue weighted by molar-refractivity contribution is 0.601. The van der Waals surface area contributed by atoms with Crippen LogP contribution in [0.2, 0.25) is 5.02 Å². The van der Waals surface area contributed by atoms with Gasteiger partial charge in [-0.25, -0.2) is 4.39 Å². The van der Waals surface area contributed by atoms with Gasteiger partial charge < -0.3 is 5.32 Å². The summed E-state index contributed by atoms with van der Waals surface area (Å²) in [5.41, 5.74) is 2.74. The van der Waals surface area contributed by atoms with Crippen molar-refractivity contribution in [3.8, 4) is 0 Å². The number of anilines is 1. The molecule has 1 unspecified atom stereocenters. The molecule has 2 rings (SSSR count). The van der Waals surface area contributed by atoms with Crippen molar-refractivity contribution in [1.82, 2.24) is 0 Å². The Balaban J connectivity index is 2.08. The third kappa shape index (κ3) is 3.48. The van der Waals surface area contributed by atoms with Gasteiger partial charge in [-0.2, -0.15) is 0 Å². The first-order valence-corrected chi connectivity index (χ1v) is 6.71. The van der Waals surface area contributed by atoms with Crippen molar-refractivity contribution in [1.29, 1.82) is 0 Å². The first-order chi connectivity index (χ1) is 9.08. The fourth-order valence-electron chi connectivity index (χ4n) is 2.07. The van der Waals surface area contributed by atoms with E-state index in [0.717, 1.165) is 21.8 Å². The zero-order valence-electron chi connectivity index (χ0n) is 11.1. The normalized spacial score (nSPS) is 12.2. The topological polar surface area (TPSA) is 12.0 Å². The molecule has 0 heterocycles. The summed E-state index contributed by atoms with van der Waals surface area (Å²) in [7, 11) is 0. The molecule has 100 valence electrons. The van der Waals surface area contributed by atoms with Gasteiger partial charge in [-0.15, -0.1) is 0 Å². The molecule has 0 radical (unpaired) electrons. The van der Waals surface area contributed by atoms with Crippen molar-refractivity contribution in [2.75, 3.05) is 5.32 Å². The molecule has 1 nitrogen and oxygen atoms in total. The van der Waals surface area contributed by atoms with Crippen molar-refractivity contribution < 1.29 is 4.39 Å². The molecule has 19 heavy (non-hydrogen) atoms. The van der Waals surface area contributed by atoms with Gasteiger partial charge in [-0.3, -0.25) is 0 Å². The zero-order valence-corrected chi connectivity index (χ0v) is 11.8. The summed E-state index contributed by atoms with van der Waals surface area (Å²) in [4.78, 5) is 0. The smallest absolute Gasteiger partial charge is 0.126 e. The highest BCUT2D eigenvalue weighted by molar-refractivity contribution is 6.31. The third-order valence-electron chi connectivity index (χ3n) is 3.15. The van der Waals surface area contributed by atoms with E-state index < -0.39 is 0 Å². The molecular weight excluding hydrogens is 261 g/mol. The van der Waals surface area contributed by atoms with E-state index in [4.69, 9.17) is 11.6 Å². The van der Waals surface area contributed by atoms with Gasteiger partial charge in [0, 0.05) is 16.8 Å². The molecule has 0 aliphatic rings. The van der Waals surface area contributed by atoms with Crippen LogP contribution in [0, 0.1) is 12.7 Å². The van der Waals surface area contributed by atoms with Crippen molar-refractivity contribution in [3.63, 3.8) is 0 Å². The first-order valence-electron chi connectivity index (χ1n) is 6.33. The van der Waals surface area contributed by atoms with E-state index >= 15 is 0 Å². The quantitative estimate of drug-likeness (QED) is 0.844. The highest BCUT2D eigenvalue weighted by Crippen LogP contribution is 2.24. The standard InChI is InChI=1S/C16H17ClFN/c1-11(10-13-6-3-4-8-15(13)18)19-16-9-5-7-14(17)12(16)2/h3-9,11,19H,10H2,1-2H3. The van der Waals surface area contributed by atoms with Crippen molar-refractivity contribution >= 4 is 17.3 Å². The largest absolute Gasteiger partial charge is 0.382 e. The maximum absolute atomic E-state index is 13.6. The van der Waals surface area contributed by atoms with Crippen LogP contribution in [0.25, 0.3) is 0 Å². The van der Waals surface area contributed by atoms with Crippen LogP contribution in [-0.4, -0.2) is 6.04 Å². The molecule has 0 saturated carbocycles. The van der Waals surface area contributed by atoms with Crippen LogP contribution in [0.15, 0.2) is 42.5 Å². The number of halogens is 2. The minimum atomic E-state index is -0.154. The van der Waals surface area contributed by atoms with Crippen LogP contribution in [-0.2, 0) is 6.42 Å². The second-order valence-electron chi connectivity index (χ2n) is 4.75. The molecule has 2 aromatic rings. The third-order valence-corrected chi connectivity index (χ3v) is 3.56. The predicted molar refractivity (Wildman–Crippen MR) is 79.4 cm³/mol. The van der Waals surface area contributed by atoms with Crippen LogP contribution in [0.4, 0.5) is 10.1 Å². The van der Waals surface area contributed by atoms with Gasteiger partial charge in [0.15, 0.2) is 0 Å². The van der Waals surface area contributed by atoms with E-state index in [1.807, 2.05) is 44.2 Å². The highest BCUT2D eigenvalue weighted by atomic mass is 35.5. The lowest BCUT2D eigenvalue weighted by Crippen LogP contribution is -2.19. The Hall–Kier alpha value is -1.54. The summed E-state index contributed by atoms with van der Waals surface area (Å²) < 4.78 is 13.6. The van der Waals surface area contributed by atoms with Crippen molar-refractivity contribution in [3.05, 3.63) is 64.4 Å². The molecule has 1 N–H and O–H groups in total. The van der Waals surface area contributed by atoms with Crippen LogP contribution in [0.5, 0.6) is 0 Å².